The van der Waals surface area contributed by atoms with Gasteiger partial charge in [-0.15, -0.1) is 0 Å². The average Bonchev–Trinajstić information content (AvgIpc) is 3.29. The highest BCUT2D eigenvalue weighted by Crippen LogP contribution is 2.12. The molecule has 0 bridgehead atoms. The molecular formula is C58H88O6. The molecule has 0 fully saturated rings. The lowest BCUT2D eigenvalue weighted by Crippen LogP contribution is -2.30. The van der Waals surface area contributed by atoms with E-state index in [1.807, 2.05) is 54.7 Å². The van der Waals surface area contributed by atoms with Crippen LogP contribution in [0.25, 0.3) is 0 Å². The molecule has 356 valence electrons. The van der Waals surface area contributed by atoms with Crippen LogP contribution >= 0.6 is 0 Å². The third-order valence-electron chi connectivity index (χ3n) is 9.70. The van der Waals surface area contributed by atoms with E-state index >= 15 is 0 Å². The highest BCUT2D eigenvalue weighted by molar-refractivity contribution is 5.71. The molecule has 0 aromatic carbocycles. The fourth-order valence-corrected chi connectivity index (χ4v) is 6.06. The predicted octanol–water partition coefficient (Wildman–Crippen LogP) is 16.5. The van der Waals surface area contributed by atoms with E-state index in [0.717, 1.165) is 116 Å². The van der Waals surface area contributed by atoms with E-state index in [4.69, 9.17) is 14.2 Å². The van der Waals surface area contributed by atoms with Crippen molar-refractivity contribution in [3.05, 3.63) is 146 Å². The van der Waals surface area contributed by atoms with E-state index in [0.29, 0.717) is 12.8 Å². The van der Waals surface area contributed by atoms with Crippen LogP contribution < -0.4 is 0 Å². The van der Waals surface area contributed by atoms with E-state index < -0.39 is 6.10 Å². The van der Waals surface area contributed by atoms with Gasteiger partial charge in [0.1, 0.15) is 13.2 Å². The van der Waals surface area contributed by atoms with E-state index in [2.05, 4.69) is 112 Å². The third kappa shape index (κ3) is 48.3. The van der Waals surface area contributed by atoms with Gasteiger partial charge >= 0.3 is 17.9 Å². The molecule has 0 aliphatic carbocycles. The van der Waals surface area contributed by atoms with Crippen molar-refractivity contribution in [3.63, 3.8) is 0 Å². The number of esters is 3. The van der Waals surface area contributed by atoms with Gasteiger partial charge in [-0.25, -0.2) is 0 Å². The monoisotopic (exact) mass is 881 g/mol. The molecule has 0 spiro atoms. The molecule has 1 unspecified atom stereocenters. The minimum Gasteiger partial charge on any atom is -0.462 e. The second-order valence-electron chi connectivity index (χ2n) is 15.7. The number of hydrogen-bond donors (Lipinski definition) is 0. The molecule has 0 radical (unpaired) electrons. The van der Waals surface area contributed by atoms with Gasteiger partial charge in [-0.05, 0) is 103 Å². The Morgan fingerprint density at radius 1 is 0.328 bits per heavy atom. The van der Waals surface area contributed by atoms with Gasteiger partial charge in [0.05, 0.1) is 0 Å². The maximum atomic E-state index is 12.8. The molecule has 0 amide bonds. The summed E-state index contributed by atoms with van der Waals surface area (Å²) < 4.78 is 16.7. The molecule has 64 heavy (non-hydrogen) atoms. The number of allylic oxidation sites excluding steroid dienone is 24. The minimum atomic E-state index is -0.831. The molecule has 0 aromatic rings. The molecule has 6 nitrogen and oxygen atoms in total. The van der Waals surface area contributed by atoms with Gasteiger partial charge in [-0.2, -0.15) is 0 Å². The van der Waals surface area contributed by atoms with Crippen molar-refractivity contribution in [1.82, 2.24) is 0 Å². The van der Waals surface area contributed by atoms with E-state index in [-0.39, 0.29) is 44.0 Å². The summed E-state index contributed by atoms with van der Waals surface area (Å²) in [4.78, 5) is 37.9. The van der Waals surface area contributed by atoms with Gasteiger partial charge in [0, 0.05) is 19.3 Å². The van der Waals surface area contributed by atoms with Crippen LogP contribution in [0.1, 0.15) is 181 Å². The average molecular weight is 881 g/mol. The molecule has 0 N–H and O–H groups in total. The Labute approximate surface area is 391 Å². The molecule has 1 atom stereocenters. The molecule has 0 aliphatic heterocycles. The largest absolute Gasteiger partial charge is 0.462 e. The van der Waals surface area contributed by atoms with Crippen molar-refractivity contribution >= 4 is 17.9 Å². The zero-order chi connectivity index (χ0) is 46.5. The van der Waals surface area contributed by atoms with Gasteiger partial charge in [-0.1, -0.05) is 205 Å². The first kappa shape index (κ1) is 59.3. The van der Waals surface area contributed by atoms with Gasteiger partial charge < -0.3 is 14.2 Å². The van der Waals surface area contributed by atoms with Crippen molar-refractivity contribution < 1.29 is 28.6 Å². The highest BCUT2D eigenvalue weighted by Gasteiger charge is 2.19. The Bertz CT molecular complexity index is 1480. The smallest absolute Gasteiger partial charge is 0.306 e. The Morgan fingerprint density at radius 3 is 1.12 bits per heavy atom. The van der Waals surface area contributed by atoms with Crippen molar-refractivity contribution in [2.45, 2.75) is 187 Å². The summed E-state index contributed by atoms with van der Waals surface area (Å²) in [6.07, 6.45) is 72.7. The Morgan fingerprint density at radius 2 is 0.656 bits per heavy atom. The van der Waals surface area contributed by atoms with E-state index in [1.54, 1.807) is 0 Å². The van der Waals surface area contributed by atoms with Crippen LogP contribution in [0.2, 0.25) is 0 Å². The standard InChI is InChI=1S/C58H88O6/c1-4-7-10-13-16-19-22-25-27-28-29-30-31-34-36-39-42-45-48-51-57(60)63-54-55(53-62-56(59)50-47-44-41-38-35-32-24-21-18-15-12-9-6-3)64-58(61)52-49-46-43-40-37-33-26-23-20-17-14-11-8-5-2/h7-12,15-21,24-25,27,29-30,32,34-36,38,41,55H,4-6,13-14,22-23,26,28,31,33,37,39-40,42-54H2,1-3H3/b10-7-,11-8-,12-9-,18-15-,19-16-,20-17-,24-21-,27-25-,30-29-,35-32-,36-34-,41-38-. The Hall–Kier alpha value is -4.71. The summed E-state index contributed by atoms with van der Waals surface area (Å²) in [5.41, 5.74) is 0. The first-order valence-electron chi connectivity index (χ1n) is 24.9. The summed E-state index contributed by atoms with van der Waals surface area (Å²) in [5.74, 6) is -1.06. The fourth-order valence-electron chi connectivity index (χ4n) is 6.06. The van der Waals surface area contributed by atoms with Crippen LogP contribution in [0.3, 0.4) is 0 Å². The lowest BCUT2D eigenvalue weighted by molar-refractivity contribution is -0.167. The Balaban J connectivity index is 4.57. The summed E-state index contributed by atoms with van der Waals surface area (Å²) >= 11 is 0. The molecule has 0 heterocycles. The predicted molar refractivity (Wildman–Crippen MR) is 274 cm³/mol. The van der Waals surface area contributed by atoms with Crippen molar-refractivity contribution in [2.24, 2.45) is 0 Å². The molecule has 0 saturated carbocycles. The second kappa shape index (κ2) is 50.9. The van der Waals surface area contributed by atoms with Gasteiger partial charge in [0.2, 0.25) is 0 Å². The van der Waals surface area contributed by atoms with Crippen LogP contribution in [0, 0.1) is 0 Å². The van der Waals surface area contributed by atoms with Crippen molar-refractivity contribution in [2.75, 3.05) is 13.2 Å². The molecular weight excluding hydrogens is 793 g/mol. The minimum absolute atomic E-state index is 0.128. The summed E-state index contributed by atoms with van der Waals surface area (Å²) in [6, 6.07) is 0. The zero-order valence-electron chi connectivity index (χ0n) is 40.5. The van der Waals surface area contributed by atoms with E-state index in [1.165, 1.54) is 19.3 Å². The normalized spacial score (nSPS) is 13.4. The van der Waals surface area contributed by atoms with E-state index in [9.17, 15) is 14.4 Å². The maximum absolute atomic E-state index is 12.8. The molecule has 0 rings (SSSR count). The quantitative estimate of drug-likeness (QED) is 0.0200. The highest BCUT2D eigenvalue weighted by atomic mass is 16.6. The third-order valence-corrected chi connectivity index (χ3v) is 9.70. The molecule has 0 saturated heterocycles. The van der Waals surface area contributed by atoms with Crippen LogP contribution in [0.4, 0.5) is 0 Å². The molecule has 0 aliphatic rings. The summed E-state index contributed by atoms with van der Waals surface area (Å²) in [6.45, 7) is 6.14. The number of carbonyl (C=O) groups excluding carboxylic acids is 3. The molecule has 6 heteroatoms. The van der Waals surface area contributed by atoms with Crippen molar-refractivity contribution in [1.29, 1.82) is 0 Å². The number of carbonyl (C=O) groups is 3. The topological polar surface area (TPSA) is 78.9 Å². The first-order chi connectivity index (χ1) is 31.5. The second-order valence-corrected chi connectivity index (χ2v) is 15.7. The number of rotatable bonds is 42. The lowest BCUT2D eigenvalue weighted by Gasteiger charge is -2.18. The van der Waals surface area contributed by atoms with Crippen LogP contribution in [0.15, 0.2) is 146 Å². The maximum Gasteiger partial charge on any atom is 0.306 e. The number of ether oxygens (including phenoxy) is 3. The summed E-state index contributed by atoms with van der Waals surface area (Å²) in [5, 5.41) is 0. The van der Waals surface area contributed by atoms with Crippen LogP contribution in [0.5, 0.6) is 0 Å². The first-order valence-corrected chi connectivity index (χ1v) is 24.9. The lowest BCUT2D eigenvalue weighted by atomic mass is 10.1. The van der Waals surface area contributed by atoms with Crippen LogP contribution in [-0.2, 0) is 28.6 Å². The zero-order valence-corrected chi connectivity index (χ0v) is 40.5. The summed E-state index contributed by atoms with van der Waals surface area (Å²) in [7, 11) is 0. The van der Waals surface area contributed by atoms with Crippen molar-refractivity contribution in [3.8, 4) is 0 Å². The fraction of sp³-hybridized carbons (Fsp3) is 0.534. The number of hydrogen-bond acceptors (Lipinski definition) is 6. The SMILES string of the molecule is CC\C=C/C=C\C=C/C=C\C=C/CCCC(=O)OCC(COC(=O)CCCCC/C=C\C/C=C\C/C=C\C/C=C\C/C=C\CC)OC(=O)CCCCCCCCC/C=C\C/C=C\CC. The van der Waals surface area contributed by atoms with Gasteiger partial charge in [0.15, 0.2) is 6.10 Å². The van der Waals surface area contributed by atoms with Gasteiger partial charge in [-0.3, -0.25) is 14.4 Å². The number of unbranched alkanes of at least 4 members (excludes halogenated alkanes) is 11. The Kier molecular flexibility index (Phi) is 47.2. The van der Waals surface area contributed by atoms with Gasteiger partial charge in [0.25, 0.3) is 0 Å². The van der Waals surface area contributed by atoms with Crippen LogP contribution in [-0.4, -0.2) is 37.2 Å². The molecule has 0 aromatic heterocycles.